The van der Waals surface area contributed by atoms with Crippen LogP contribution in [0.25, 0.3) is 11.1 Å². The summed E-state index contributed by atoms with van der Waals surface area (Å²) in [6.45, 7) is 3.48. The third-order valence-corrected chi connectivity index (χ3v) is 6.13. The van der Waals surface area contributed by atoms with Crippen molar-refractivity contribution in [1.82, 2.24) is 15.1 Å². The number of ether oxygens (including phenoxy) is 1. The molecule has 0 saturated carbocycles. The number of amides is 4. The zero-order valence-corrected chi connectivity index (χ0v) is 19.9. The number of nitrogens with two attached hydrogens (primary N) is 1. The van der Waals surface area contributed by atoms with Crippen LogP contribution in [0.4, 0.5) is 14.9 Å². The van der Waals surface area contributed by atoms with Crippen LogP contribution < -0.4 is 16.0 Å². The Morgan fingerprint density at radius 3 is 2.53 bits per heavy atom. The van der Waals surface area contributed by atoms with Gasteiger partial charge in [0, 0.05) is 32.1 Å². The maximum atomic E-state index is 15.0. The summed E-state index contributed by atoms with van der Waals surface area (Å²) in [4.78, 5) is 51.5. The second kappa shape index (κ2) is 10.7. The first-order valence-electron chi connectivity index (χ1n) is 11.6. The standard InChI is InChI=1S/C25H28FN5O5/c1-16(32)28-11-20-13-31(25(35)36-20)19-6-7-21(22(26)10-19)18-4-2-17(3-5-18)12-30-9-8-29(14-23(27)33)15-24(30)34/h2-7,10,20H,8-9,11-15H2,1H3,(H2,27,33)(H,28,32). The predicted octanol–water partition coefficient (Wildman–Crippen LogP) is 1.08. The highest BCUT2D eigenvalue weighted by Gasteiger charge is 2.32. The minimum absolute atomic E-state index is 0.0647. The summed E-state index contributed by atoms with van der Waals surface area (Å²) in [5.74, 6) is -1.24. The van der Waals surface area contributed by atoms with Crippen molar-refractivity contribution >= 4 is 29.5 Å². The van der Waals surface area contributed by atoms with Crippen LogP contribution in [0.2, 0.25) is 0 Å². The molecule has 2 heterocycles. The molecule has 2 fully saturated rings. The van der Waals surface area contributed by atoms with Crippen molar-refractivity contribution in [1.29, 1.82) is 0 Å². The number of hydrogen-bond acceptors (Lipinski definition) is 6. The zero-order valence-electron chi connectivity index (χ0n) is 19.9. The molecule has 1 atom stereocenters. The fourth-order valence-corrected chi connectivity index (χ4v) is 4.29. The lowest BCUT2D eigenvalue weighted by Crippen LogP contribution is -2.51. The van der Waals surface area contributed by atoms with E-state index in [9.17, 15) is 23.6 Å². The molecule has 3 N–H and O–H groups in total. The topological polar surface area (TPSA) is 125 Å². The zero-order chi connectivity index (χ0) is 25.8. The van der Waals surface area contributed by atoms with Crippen LogP contribution in [0.3, 0.4) is 0 Å². The average Bonchev–Trinajstić information content (AvgIpc) is 3.20. The fraction of sp³-hybridized carbons (Fsp3) is 0.360. The number of benzene rings is 2. The van der Waals surface area contributed by atoms with E-state index in [1.54, 1.807) is 34.1 Å². The van der Waals surface area contributed by atoms with Crippen molar-refractivity contribution in [3.63, 3.8) is 0 Å². The number of piperazine rings is 1. The van der Waals surface area contributed by atoms with Gasteiger partial charge in [-0.05, 0) is 29.3 Å². The first kappa shape index (κ1) is 25.1. The summed E-state index contributed by atoms with van der Waals surface area (Å²) in [6.07, 6.45) is -1.10. The minimum Gasteiger partial charge on any atom is -0.442 e. The second-order valence-corrected chi connectivity index (χ2v) is 8.91. The summed E-state index contributed by atoms with van der Waals surface area (Å²) in [5, 5.41) is 2.61. The molecule has 0 aromatic heterocycles. The Morgan fingerprint density at radius 2 is 1.89 bits per heavy atom. The number of nitrogens with one attached hydrogen (secondary N) is 1. The molecule has 36 heavy (non-hydrogen) atoms. The van der Waals surface area contributed by atoms with Crippen LogP contribution in [0.15, 0.2) is 42.5 Å². The Kier molecular flexibility index (Phi) is 7.49. The predicted molar refractivity (Wildman–Crippen MR) is 129 cm³/mol. The Morgan fingerprint density at radius 1 is 1.14 bits per heavy atom. The summed E-state index contributed by atoms with van der Waals surface area (Å²) >= 11 is 0. The Hall–Kier alpha value is -3.99. The largest absolute Gasteiger partial charge is 0.442 e. The summed E-state index contributed by atoms with van der Waals surface area (Å²) in [7, 11) is 0. The van der Waals surface area contributed by atoms with Gasteiger partial charge < -0.3 is 20.7 Å². The molecule has 0 bridgehead atoms. The van der Waals surface area contributed by atoms with Gasteiger partial charge in [0.25, 0.3) is 0 Å². The van der Waals surface area contributed by atoms with E-state index >= 15 is 0 Å². The van der Waals surface area contributed by atoms with E-state index in [2.05, 4.69) is 5.32 Å². The molecule has 2 aromatic carbocycles. The highest BCUT2D eigenvalue weighted by atomic mass is 19.1. The molecule has 0 spiro atoms. The van der Waals surface area contributed by atoms with E-state index in [1.165, 1.54) is 17.9 Å². The number of anilines is 1. The lowest BCUT2D eigenvalue weighted by Gasteiger charge is -2.33. The number of primary amides is 1. The van der Waals surface area contributed by atoms with Gasteiger partial charge in [-0.15, -0.1) is 0 Å². The van der Waals surface area contributed by atoms with E-state index in [0.717, 1.165) is 5.56 Å². The van der Waals surface area contributed by atoms with E-state index in [-0.39, 0.29) is 38.0 Å². The molecular weight excluding hydrogens is 469 g/mol. The Bertz CT molecular complexity index is 1170. The van der Waals surface area contributed by atoms with Gasteiger partial charge in [0.1, 0.15) is 11.9 Å². The van der Waals surface area contributed by atoms with E-state index in [0.29, 0.717) is 36.4 Å². The van der Waals surface area contributed by atoms with Crippen LogP contribution in [-0.2, 0) is 25.7 Å². The molecule has 4 amide bonds. The van der Waals surface area contributed by atoms with Gasteiger partial charge in [-0.25, -0.2) is 9.18 Å². The molecule has 0 aliphatic carbocycles. The van der Waals surface area contributed by atoms with Gasteiger partial charge in [0.05, 0.1) is 31.9 Å². The molecule has 11 heteroatoms. The van der Waals surface area contributed by atoms with Gasteiger partial charge >= 0.3 is 6.09 Å². The summed E-state index contributed by atoms with van der Waals surface area (Å²) < 4.78 is 20.2. The fourth-order valence-electron chi connectivity index (χ4n) is 4.29. The van der Waals surface area contributed by atoms with E-state index in [4.69, 9.17) is 10.5 Å². The van der Waals surface area contributed by atoms with Crippen LogP contribution >= 0.6 is 0 Å². The number of halogens is 1. The van der Waals surface area contributed by atoms with E-state index in [1.807, 2.05) is 12.1 Å². The smallest absolute Gasteiger partial charge is 0.414 e. The Labute approximate surface area is 207 Å². The highest BCUT2D eigenvalue weighted by molar-refractivity contribution is 5.90. The molecule has 10 nitrogen and oxygen atoms in total. The third-order valence-electron chi connectivity index (χ3n) is 6.13. The lowest BCUT2D eigenvalue weighted by molar-refractivity contribution is -0.137. The molecule has 2 aliphatic heterocycles. The van der Waals surface area contributed by atoms with Crippen molar-refractivity contribution in [2.24, 2.45) is 5.73 Å². The number of rotatable bonds is 8. The number of cyclic esters (lactones) is 1. The molecule has 2 saturated heterocycles. The molecule has 0 radical (unpaired) electrons. The van der Waals surface area contributed by atoms with Crippen LogP contribution in [-0.4, -0.2) is 79.0 Å². The second-order valence-electron chi connectivity index (χ2n) is 8.91. The van der Waals surface area contributed by atoms with Crippen molar-refractivity contribution in [3.05, 3.63) is 53.8 Å². The third kappa shape index (κ3) is 5.98. The van der Waals surface area contributed by atoms with Gasteiger partial charge in [-0.1, -0.05) is 24.3 Å². The van der Waals surface area contributed by atoms with Gasteiger partial charge in [0.15, 0.2) is 0 Å². The van der Waals surface area contributed by atoms with Crippen molar-refractivity contribution < 1.29 is 28.3 Å². The van der Waals surface area contributed by atoms with Crippen molar-refractivity contribution in [3.8, 4) is 11.1 Å². The molecule has 2 aromatic rings. The average molecular weight is 498 g/mol. The number of carbonyl (C=O) groups excluding carboxylic acids is 4. The summed E-state index contributed by atoms with van der Waals surface area (Å²) in [6, 6.07) is 11.8. The van der Waals surface area contributed by atoms with Gasteiger partial charge in [-0.2, -0.15) is 0 Å². The molecule has 190 valence electrons. The molecular formula is C25H28FN5O5. The number of carbonyl (C=O) groups is 4. The van der Waals surface area contributed by atoms with Crippen LogP contribution in [0.1, 0.15) is 12.5 Å². The molecule has 1 unspecified atom stereocenters. The monoisotopic (exact) mass is 497 g/mol. The summed E-state index contributed by atoms with van der Waals surface area (Å²) in [5.41, 5.74) is 7.52. The first-order valence-corrected chi connectivity index (χ1v) is 11.6. The number of hydrogen-bond donors (Lipinski definition) is 2. The maximum Gasteiger partial charge on any atom is 0.414 e. The van der Waals surface area contributed by atoms with Crippen LogP contribution in [0, 0.1) is 5.82 Å². The number of nitrogens with zero attached hydrogens (tertiary/aromatic N) is 3. The molecule has 4 rings (SSSR count). The van der Waals surface area contributed by atoms with Crippen molar-refractivity contribution in [2.45, 2.75) is 19.6 Å². The molecule has 2 aliphatic rings. The highest BCUT2D eigenvalue weighted by Crippen LogP contribution is 2.29. The first-order chi connectivity index (χ1) is 17.2. The quantitative estimate of drug-likeness (QED) is 0.562. The van der Waals surface area contributed by atoms with E-state index < -0.39 is 23.9 Å². The SMILES string of the molecule is CC(=O)NCC1CN(c2ccc(-c3ccc(CN4CCN(CC(N)=O)CC4=O)cc3)c(F)c2)C(=O)O1. The minimum atomic E-state index is -0.591. The van der Waals surface area contributed by atoms with Gasteiger partial charge in [0.2, 0.25) is 17.7 Å². The van der Waals surface area contributed by atoms with Crippen LogP contribution in [0.5, 0.6) is 0 Å². The normalized spacial score (nSPS) is 18.3. The van der Waals surface area contributed by atoms with Crippen molar-refractivity contribution in [2.75, 3.05) is 44.2 Å². The van der Waals surface area contributed by atoms with Gasteiger partial charge in [-0.3, -0.25) is 24.2 Å². The maximum absolute atomic E-state index is 15.0. The Balaban J connectivity index is 1.38. The lowest BCUT2D eigenvalue weighted by atomic mass is 10.0.